The van der Waals surface area contributed by atoms with Crippen LogP contribution in [-0.2, 0) is 32.7 Å². The molecule has 1 N–H and O–H groups in total. The van der Waals surface area contributed by atoms with E-state index in [1.807, 2.05) is 25.6 Å². The number of nitrogens with zero attached hydrogens (tertiary/aromatic N) is 3. The Bertz CT molecular complexity index is 3390. The van der Waals surface area contributed by atoms with Crippen molar-refractivity contribution in [3.05, 3.63) is 271 Å². The summed E-state index contributed by atoms with van der Waals surface area (Å²) in [5.41, 5.74) is 22.3. The van der Waals surface area contributed by atoms with Crippen molar-refractivity contribution in [1.29, 1.82) is 0 Å². The van der Waals surface area contributed by atoms with Gasteiger partial charge in [0, 0.05) is 44.5 Å². The average molecular weight is 905 g/mol. The first kappa shape index (κ1) is 44.1. The third-order valence-electron chi connectivity index (χ3n) is 13.9. The van der Waals surface area contributed by atoms with Gasteiger partial charge in [0.1, 0.15) is 12.0 Å². The summed E-state index contributed by atoms with van der Waals surface area (Å²) in [6.45, 7) is 0. The number of nitrogens with one attached hydrogen (secondary N) is 1. The van der Waals surface area contributed by atoms with Crippen LogP contribution >= 0.6 is 0 Å². The highest BCUT2D eigenvalue weighted by atomic mass is 15.3. The highest BCUT2D eigenvalue weighted by Gasteiger charge is 2.18. The van der Waals surface area contributed by atoms with Gasteiger partial charge in [0.2, 0.25) is 0 Å². The van der Waals surface area contributed by atoms with Crippen LogP contribution in [0.1, 0.15) is 34.0 Å². The highest BCUT2D eigenvalue weighted by molar-refractivity contribution is 5.94. The molecule has 1 aliphatic heterocycles. The molecule has 0 amide bonds. The summed E-state index contributed by atoms with van der Waals surface area (Å²) in [5.74, 6) is 0.983. The van der Waals surface area contributed by atoms with Crippen molar-refractivity contribution in [3.63, 3.8) is 0 Å². The molecule has 0 radical (unpaired) electrons. The monoisotopic (exact) mass is 904 g/mol. The summed E-state index contributed by atoms with van der Waals surface area (Å²) in [6.07, 6.45) is 11.9. The van der Waals surface area contributed by atoms with E-state index >= 15 is 0 Å². The Morgan fingerprint density at radius 2 is 0.857 bits per heavy atom. The minimum Gasteiger partial charge on any atom is -0.366 e. The van der Waals surface area contributed by atoms with Crippen LogP contribution in [0, 0.1) is 0 Å². The third-order valence-corrected chi connectivity index (χ3v) is 13.9. The van der Waals surface area contributed by atoms with Gasteiger partial charge in [0.15, 0.2) is 0 Å². The van der Waals surface area contributed by atoms with Crippen LogP contribution in [0.3, 0.4) is 0 Å². The zero-order chi connectivity index (χ0) is 47.2. The van der Waals surface area contributed by atoms with Crippen molar-refractivity contribution in [2.45, 2.75) is 31.8 Å². The summed E-state index contributed by atoms with van der Waals surface area (Å²) >= 11 is 0. The molecule has 2 heterocycles. The lowest BCUT2D eigenvalue weighted by Gasteiger charge is -2.21. The number of aromatic nitrogens is 2. The van der Waals surface area contributed by atoms with E-state index in [-0.39, 0.29) is 6.17 Å². The summed E-state index contributed by atoms with van der Waals surface area (Å²) in [4.78, 5) is 6.78. The van der Waals surface area contributed by atoms with E-state index in [9.17, 15) is 0 Å². The first-order chi connectivity index (χ1) is 34.5. The molecule has 1 aromatic heterocycles. The minimum atomic E-state index is 0.178. The maximum Gasteiger partial charge on any atom is 0.139 e. The molecule has 0 bridgehead atoms. The Labute approximate surface area is 412 Å². The van der Waals surface area contributed by atoms with Crippen LogP contribution in [0.5, 0.6) is 0 Å². The van der Waals surface area contributed by atoms with Crippen LogP contribution in [0.25, 0.3) is 78.1 Å². The molecular formula is C66H56N4. The molecule has 9 aromatic carbocycles. The fraction of sp³-hybridized carbons (Fsp3) is 0.106. The molecule has 1 atom stereocenters. The molecule has 0 fully saturated rings. The summed E-state index contributed by atoms with van der Waals surface area (Å²) in [6, 6.07) is 80.8. The number of imidazole rings is 1. The van der Waals surface area contributed by atoms with Gasteiger partial charge in [-0.05, 0) is 126 Å². The lowest BCUT2D eigenvalue weighted by atomic mass is 9.86. The van der Waals surface area contributed by atoms with Gasteiger partial charge in [0.25, 0.3) is 0 Å². The molecule has 0 spiro atoms. The Hall–Kier alpha value is -8.47. The molecule has 0 saturated carbocycles. The zero-order valence-electron chi connectivity index (χ0n) is 39.8. The normalized spacial score (nSPS) is 13.1. The molecule has 0 aliphatic carbocycles. The molecule has 70 heavy (non-hydrogen) atoms. The molecule has 0 saturated heterocycles. The summed E-state index contributed by atoms with van der Waals surface area (Å²) < 4.78 is 2.07. The molecule has 4 heteroatoms. The number of hydrogen-bond acceptors (Lipinski definition) is 3. The molecule has 1 aliphatic rings. The standard InChI is InChI=1S/C66H56N4/c1-69-41-39-67-65(69)57-25-21-47(22-26-57)17-19-49-43-50(20-18-48-23-27-58(28-24-48)66-68-40-42-70(66)2)45-60(44-49)61-15-9-10-16-62(61)63-38-37-59(52-13-7-4-8-14-52)46-64(63)56-35-33-55(34-36-56)54-31-29-53(30-32-54)51-11-5-3-6-12-51/h3-16,21-46,65,67H,17-20H2,1-2H3. The quantitative estimate of drug-likeness (QED) is 0.118. The van der Waals surface area contributed by atoms with E-state index in [2.05, 4.69) is 251 Å². The van der Waals surface area contributed by atoms with Crippen molar-refractivity contribution in [2.24, 2.45) is 7.05 Å². The van der Waals surface area contributed by atoms with Crippen LogP contribution in [0.15, 0.2) is 243 Å². The molecule has 10 aromatic rings. The number of rotatable bonds is 14. The molecule has 4 nitrogen and oxygen atoms in total. The second kappa shape index (κ2) is 20.0. The maximum absolute atomic E-state index is 4.57. The lowest BCUT2D eigenvalue weighted by molar-refractivity contribution is 0.340. The van der Waals surface area contributed by atoms with E-state index in [4.69, 9.17) is 0 Å². The smallest absolute Gasteiger partial charge is 0.139 e. The van der Waals surface area contributed by atoms with Gasteiger partial charge >= 0.3 is 0 Å². The van der Waals surface area contributed by atoms with Gasteiger partial charge in [-0.15, -0.1) is 0 Å². The Balaban J connectivity index is 0.936. The third kappa shape index (κ3) is 9.63. The van der Waals surface area contributed by atoms with Gasteiger partial charge in [-0.1, -0.05) is 212 Å². The van der Waals surface area contributed by atoms with E-state index in [0.717, 1.165) is 37.1 Å². The molecule has 340 valence electrons. The SMILES string of the molecule is CN1C=CNC1c1ccc(CCc2cc(CCc3ccc(-c4nccn4C)cc3)cc(-c3ccccc3-c3ccc(-c4ccccc4)cc3-c3ccc(-c4ccc(-c5ccccc5)cc4)cc3)c2)cc1. The Kier molecular flexibility index (Phi) is 12.6. The average Bonchev–Trinajstić information content (AvgIpc) is 4.07. The van der Waals surface area contributed by atoms with Gasteiger partial charge in [0.05, 0.1) is 0 Å². The van der Waals surface area contributed by atoms with Crippen LogP contribution < -0.4 is 5.32 Å². The van der Waals surface area contributed by atoms with Crippen molar-refractivity contribution in [3.8, 4) is 78.1 Å². The van der Waals surface area contributed by atoms with Crippen molar-refractivity contribution >= 4 is 0 Å². The maximum atomic E-state index is 4.57. The van der Waals surface area contributed by atoms with E-state index in [1.165, 1.54) is 94.6 Å². The second-order valence-corrected chi connectivity index (χ2v) is 18.6. The molecular weight excluding hydrogens is 849 g/mol. The molecule has 11 rings (SSSR count). The fourth-order valence-electron chi connectivity index (χ4n) is 10.0. The molecule has 1 unspecified atom stereocenters. The van der Waals surface area contributed by atoms with E-state index < -0.39 is 0 Å². The fourth-order valence-corrected chi connectivity index (χ4v) is 10.0. The predicted molar refractivity (Wildman–Crippen MR) is 292 cm³/mol. The Morgan fingerprint density at radius 3 is 1.41 bits per heavy atom. The summed E-state index contributed by atoms with van der Waals surface area (Å²) in [5, 5.41) is 3.46. The summed E-state index contributed by atoms with van der Waals surface area (Å²) in [7, 11) is 4.16. The van der Waals surface area contributed by atoms with E-state index in [1.54, 1.807) is 0 Å². The van der Waals surface area contributed by atoms with E-state index in [0.29, 0.717) is 0 Å². The van der Waals surface area contributed by atoms with Crippen LogP contribution in [0.2, 0.25) is 0 Å². The van der Waals surface area contributed by atoms with Crippen molar-refractivity contribution in [1.82, 2.24) is 19.8 Å². The predicted octanol–water partition coefficient (Wildman–Crippen LogP) is 15.7. The van der Waals surface area contributed by atoms with Crippen LogP contribution in [-0.4, -0.2) is 21.5 Å². The number of benzene rings is 9. The first-order valence-corrected chi connectivity index (χ1v) is 24.5. The number of hydrogen-bond donors (Lipinski definition) is 1. The highest BCUT2D eigenvalue weighted by Crippen LogP contribution is 2.41. The Morgan fingerprint density at radius 1 is 0.386 bits per heavy atom. The van der Waals surface area contributed by atoms with Crippen molar-refractivity contribution < 1.29 is 0 Å². The minimum absolute atomic E-state index is 0.178. The van der Waals surface area contributed by atoms with Gasteiger partial charge in [-0.2, -0.15) is 0 Å². The van der Waals surface area contributed by atoms with Gasteiger partial charge < -0.3 is 14.8 Å². The zero-order valence-corrected chi connectivity index (χ0v) is 39.8. The first-order valence-electron chi connectivity index (χ1n) is 24.5. The second-order valence-electron chi connectivity index (χ2n) is 18.6. The largest absolute Gasteiger partial charge is 0.366 e. The topological polar surface area (TPSA) is 33.1 Å². The lowest BCUT2D eigenvalue weighted by Crippen LogP contribution is -2.23. The van der Waals surface area contributed by atoms with Crippen LogP contribution in [0.4, 0.5) is 0 Å². The van der Waals surface area contributed by atoms with Gasteiger partial charge in [-0.25, -0.2) is 4.98 Å². The van der Waals surface area contributed by atoms with Gasteiger partial charge in [-0.3, -0.25) is 0 Å². The van der Waals surface area contributed by atoms with Crippen molar-refractivity contribution in [2.75, 3.05) is 7.05 Å². The number of aryl methyl sites for hydroxylation is 5.